The Labute approximate surface area is 242 Å². The fraction of sp³-hybridized carbons (Fsp3) is 0.333. The fourth-order valence-electron chi connectivity index (χ4n) is 4.37. The van der Waals surface area contributed by atoms with Crippen LogP contribution >= 0.6 is 15.9 Å². The van der Waals surface area contributed by atoms with Gasteiger partial charge in [0, 0.05) is 41.6 Å². The Bertz CT molecular complexity index is 1320. The summed E-state index contributed by atoms with van der Waals surface area (Å²) in [6.07, 6.45) is 0.877. The lowest BCUT2D eigenvalue weighted by Gasteiger charge is -2.24. The van der Waals surface area contributed by atoms with Gasteiger partial charge in [0.15, 0.2) is 5.54 Å². The van der Waals surface area contributed by atoms with Crippen LogP contribution in [0, 0.1) is 0 Å². The summed E-state index contributed by atoms with van der Waals surface area (Å²) in [5.74, 6) is 2.41. The first-order valence-electron chi connectivity index (χ1n) is 12.8. The highest BCUT2D eigenvalue weighted by molar-refractivity contribution is 9.10. The zero-order valence-corrected chi connectivity index (χ0v) is 24.3. The van der Waals surface area contributed by atoms with E-state index >= 15 is 0 Å². The SMILES string of the molecule is COc1cc(OC)c(CNC(=O)[C@@]2(Cc3ccccc3Br)COC(c3ccc(OCCCO)cc3)=N2)c(OC)c1. The van der Waals surface area contributed by atoms with Crippen LogP contribution in [-0.2, 0) is 22.5 Å². The van der Waals surface area contributed by atoms with Gasteiger partial charge in [-0.05, 0) is 35.9 Å². The van der Waals surface area contributed by atoms with Crippen LogP contribution in [0.4, 0.5) is 0 Å². The molecule has 0 saturated carbocycles. The molecule has 1 heterocycles. The number of amides is 1. The molecule has 3 aromatic rings. The number of carbonyl (C=O) groups excluding carboxylic acids is 1. The quantitative estimate of drug-likeness (QED) is 0.277. The third-order valence-electron chi connectivity index (χ3n) is 6.54. The van der Waals surface area contributed by atoms with Gasteiger partial charge in [-0.15, -0.1) is 0 Å². The molecule has 2 N–H and O–H groups in total. The van der Waals surface area contributed by atoms with Crippen molar-refractivity contribution >= 4 is 27.7 Å². The molecule has 40 heavy (non-hydrogen) atoms. The van der Waals surface area contributed by atoms with Gasteiger partial charge >= 0.3 is 0 Å². The normalized spacial score (nSPS) is 16.1. The van der Waals surface area contributed by atoms with E-state index in [1.54, 1.807) is 33.5 Å². The smallest absolute Gasteiger partial charge is 0.252 e. The number of carbonyl (C=O) groups is 1. The van der Waals surface area contributed by atoms with Gasteiger partial charge in [0.05, 0.1) is 40.0 Å². The van der Waals surface area contributed by atoms with E-state index in [2.05, 4.69) is 21.2 Å². The van der Waals surface area contributed by atoms with Gasteiger partial charge in [-0.3, -0.25) is 4.79 Å². The van der Waals surface area contributed by atoms with E-state index in [0.717, 1.165) is 15.6 Å². The molecule has 1 aliphatic heterocycles. The number of nitrogens with zero attached hydrogens (tertiary/aromatic N) is 1. The monoisotopic (exact) mass is 612 g/mol. The number of benzene rings is 3. The number of hydrogen-bond donors (Lipinski definition) is 2. The second-order valence-corrected chi connectivity index (χ2v) is 10.0. The van der Waals surface area contributed by atoms with E-state index in [0.29, 0.717) is 53.9 Å². The molecule has 0 aliphatic carbocycles. The molecule has 4 rings (SSSR count). The summed E-state index contributed by atoms with van der Waals surface area (Å²) in [6.45, 7) is 0.716. The highest BCUT2D eigenvalue weighted by Gasteiger charge is 2.45. The van der Waals surface area contributed by atoms with E-state index < -0.39 is 5.54 Å². The Morgan fingerprint density at radius 3 is 2.35 bits per heavy atom. The van der Waals surface area contributed by atoms with Gasteiger partial charge in [-0.2, -0.15) is 0 Å². The molecule has 10 heteroatoms. The Kier molecular flexibility index (Phi) is 9.89. The van der Waals surface area contributed by atoms with Crippen LogP contribution in [0.3, 0.4) is 0 Å². The Hall–Kier alpha value is -3.76. The van der Waals surface area contributed by atoms with Crippen LogP contribution in [0.15, 0.2) is 70.1 Å². The number of aliphatic hydroxyl groups is 1. The molecule has 0 bridgehead atoms. The lowest BCUT2D eigenvalue weighted by Crippen LogP contribution is -2.48. The van der Waals surface area contributed by atoms with Gasteiger partial charge in [-0.25, -0.2) is 4.99 Å². The van der Waals surface area contributed by atoms with Crippen molar-refractivity contribution in [1.29, 1.82) is 0 Å². The second kappa shape index (κ2) is 13.5. The molecule has 0 radical (unpaired) electrons. The van der Waals surface area contributed by atoms with Crippen LogP contribution in [0.1, 0.15) is 23.1 Å². The maximum Gasteiger partial charge on any atom is 0.252 e. The van der Waals surface area contributed by atoms with E-state index in [1.807, 2.05) is 48.5 Å². The standard InChI is InChI=1S/C30H33BrN2O7/c1-36-23-15-26(37-2)24(27(16-23)38-3)18-32-29(35)30(17-21-7-4-5-8-25(21)31)19-40-28(33-30)20-9-11-22(12-10-20)39-14-6-13-34/h4-5,7-12,15-16,34H,6,13-14,17-19H2,1-3H3,(H,32,35)/t30-/m1/s1. The number of rotatable bonds is 13. The molecular weight excluding hydrogens is 580 g/mol. The van der Waals surface area contributed by atoms with Crippen LogP contribution in [0.2, 0.25) is 0 Å². The fourth-order valence-corrected chi connectivity index (χ4v) is 4.80. The van der Waals surface area contributed by atoms with Crippen LogP contribution in [0.5, 0.6) is 23.0 Å². The number of hydrogen-bond acceptors (Lipinski definition) is 8. The average molecular weight is 614 g/mol. The topological polar surface area (TPSA) is 108 Å². The zero-order chi connectivity index (χ0) is 28.5. The number of aliphatic imine (C=N–C) groups is 1. The van der Waals surface area contributed by atoms with E-state index in [1.165, 1.54) is 0 Å². The van der Waals surface area contributed by atoms with Crippen molar-refractivity contribution in [2.75, 3.05) is 41.2 Å². The number of methoxy groups -OCH3 is 3. The molecule has 0 aromatic heterocycles. The number of aliphatic hydroxyl groups excluding tert-OH is 1. The minimum absolute atomic E-state index is 0.0706. The van der Waals surface area contributed by atoms with Crippen molar-refractivity contribution < 1.29 is 33.6 Å². The van der Waals surface area contributed by atoms with Gasteiger partial charge in [0.2, 0.25) is 5.90 Å². The molecule has 1 aliphatic rings. The van der Waals surface area contributed by atoms with Crippen LogP contribution < -0.4 is 24.3 Å². The Morgan fingerprint density at radius 2 is 1.73 bits per heavy atom. The zero-order valence-electron chi connectivity index (χ0n) is 22.7. The third-order valence-corrected chi connectivity index (χ3v) is 7.32. The van der Waals surface area contributed by atoms with E-state index in [-0.39, 0.29) is 25.7 Å². The maximum atomic E-state index is 13.9. The largest absolute Gasteiger partial charge is 0.496 e. The molecule has 0 saturated heterocycles. The summed E-state index contributed by atoms with van der Waals surface area (Å²) in [6, 6.07) is 18.5. The average Bonchev–Trinajstić information content (AvgIpc) is 3.42. The number of nitrogens with one attached hydrogen (secondary N) is 1. The molecule has 0 spiro atoms. The Morgan fingerprint density at radius 1 is 1.02 bits per heavy atom. The Balaban J connectivity index is 1.61. The predicted molar refractivity (Wildman–Crippen MR) is 155 cm³/mol. The molecule has 0 unspecified atom stereocenters. The summed E-state index contributed by atoms with van der Waals surface area (Å²) < 4.78 is 29.0. The van der Waals surface area contributed by atoms with Gasteiger partial charge in [0.1, 0.15) is 29.6 Å². The lowest BCUT2D eigenvalue weighted by atomic mass is 9.91. The van der Waals surface area contributed by atoms with Crippen LogP contribution in [-0.4, -0.2) is 63.6 Å². The van der Waals surface area contributed by atoms with Crippen molar-refractivity contribution in [2.45, 2.75) is 24.9 Å². The number of ether oxygens (including phenoxy) is 5. The number of halogens is 1. The second-order valence-electron chi connectivity index (χ2n) is 9.15. The van der Waals surface area contributed by atoms with E-state index in [4.69, 9.17) is 33.8 Å². The minimum atomic E-state index is -1.21. The first kappa shape index (κ1) is 29.2. The van der Waals surface area contributed by atoms with Gasteiger partial charge in [0.25, 0.3) is 5.91 Å². The molecule has 3 aromatic carbocycles. The first-order chi connectivity index (χ1) is 19.4. The van der Waals surface area contributed by atoms with Crippen molar-refractivity contribution in [3.05, 3.63) is 81.8 Å². The highest BCUT2D eigenvalue weighted by atomic mass is 79.9. The van der Waals surface area contributed by atoms with Crippen molar-refractivity contribution in [1.82, 2.24) is 5.32 Å². The summed E-state index contributed by atoms with van der Waals surface area (Å²) >= 11 is 3.60. The summed E-state index contributed by atoms with van der Waals surface area (Å²) in [5.41, 5.74) is 1.13. The maximum absolute atomic E-state index is 13.9. The van der Waals surface area contributed by atoms with Crippen LogP contribution in [0.25, 0.3) is 0 Å². The third kappa shape index (κ3) is 6.68. The summed E-state index contributed by atoms with van der Waals surface area (Å²) in [5, 5.41) is 12.0. The van der Waals surface area contributed by atoms with E-state index in [9.17, 15) is 4.79 Å². The minimum Gasteiger partial charge on any atom is -0.496 e. The van der Waals surface area contributed by atoms with Gasteiger partial charge in [-0.1, -0.05) is 34.1 Å². The lowest BCUT2D eigenvalue weighted by molar-refractivity contribution is -0.126. The molecule has 1 amide bonds. The molecule has 1 atom stereocenters. The molecule has 9 nitrogen and oxygen atoms in total. The first-order valence-corrected chi connectivity index (χ1v) is 13.6. The van der Waals surface area contributed by atoms with Crippen molar-refractivity contribution in [3.63, 3.8) is 0 Å². The molecule has 0 fully saturated rings. The summed E-state index contributed by atoms with van der Waals surface area (Å²) in [4.78, 5) is 18.8. The predicted octanol–water partition coefficient (Wildman–Crippen LogP) is 4.31. The molecular formula is C30H33BrN2O7. The van der Waals surface area contributed by atoms with Crippen molar-refractivity contribution in [2.24, 2.45) is 4.99 Å². The van der Waals surface area contributed by atoms with Gasteiger partial charge < -0.3 is 34.1 Å². The molecule has 212 valence electrons. The van der Waals surface area contributed by atoms with Crippen molar-refractivity contribution in [3.8, 4) is 23.0 Å². The highest BCUT2D eigenvalue weighted by Crippen LogP contribution is 2.35. The summed E-state index contributed by atoms with van der Waals surface area (Å²) in [7, 11) is 4.67.